The Morgan fingerprint density at radius 1 is 1.46 bits per heavy atom. The minimum atomic E-state index is -2.57. The molecule has 0 aliphatic heterocycles. The van der Waals surface area contributed by atoms with Gasteiger partial charge in [0.2, 0.25) is 0 Å². The van der Waals surface area contributed by atoms with Gasteiger partial charge in [-0.3, -0.25) is 0 Å². The molecule has 0 spiro atoms. The molecule has 1 heterocycles. The Morgan fingerprint density at radius 3 is 2.54 bits per heavy atom. The fraction of sp³-hybridized carbons (Fsp3) is 0.286. The summed E-state index contributed by atoms with van der Waals surface area (Å²) in [5, 5.41) is 0. The first kappa shape index (κ1) is 11.0. The summed E-state index contributed by atoms with van der Waals surface area (Å²) in [5.41, 5.74) is 5.48. The molecule has 0 aliphatic carbocycles. The Bertz CT molecular complexity index is 318. The largest absolute Gasteiger partial charge is 0.325 e. The molecule has 2 nitrogen and oxygen atoms in total. The van der Waals surface area contributed by atoms with Crippen LogP contribution in [0.4, 0.5) is 8.78 Å². The minimum absolute atomic E-state index is 0.125. The molecule has 1 rings (SSSR count). The van der Waals surface area contributed by atoms with E-state index in [4.69, 9.17) is 5.73 Å². The average molecular weight is 316 g/mol. The molecule has 72 valence electrons. The smallest absolute Gasteiger partial charge is 0.280 e. The summed E-state index contributed by atoms with van der Waals surface area (Å²) < 4.78 is 25.7. The highest BCUT2D eigenvalue weighted by Crippen LogP contribution is 2.29. The Morgan fingerprint density at radius 2 is 2.08 bits per heavy atom. The molecule has 2 N–H and O–H groups in total. The van der Waals surface area contributed by atoms with E-state index >= 15 is 0 Å². The highest BCUT2D eigenvalue weighted by Gasteiger charge is 2.13. The predicted octanol–water partition coefficient (Wildman–Crippen LogP) is 3.00. The zero-order valence-corrected chi connectivity index (χ0v) is 9.57. The molecule has 0 radical (unpaired) electrons. The summed E-state index contributed by atoms with van der Waals surface area (Å²) in [6.07, 6.45) is -2.57. The third-order valence-electron chi connectivity index (χ3n) is 1.42. The van der Waals surface area contributed by atoms with Crippen LogP contribution in [-0.2, 0) is 6.54 Å². The van der Waals surface area contributed by atoms with Crippen LogP contribution in [0.1, 0.15) is 17.8 Å². The molecule has 6 heteroatoms. The lowest BCUT2D eigenvalue weighted by molar-refractivity contribution is 0.145. The number of halogens is 4. The Hall–Kier alpha value is -0.0700. The van der Waals surface area contributed by atoms with Crippen molar-refractivity contribution in [3.05, 3.63) is 26.4 Å². The van der Waals surface area contributed by atoms with Crippen molar-refractivity contribution in [2.75, 3.05) is 0 Å². The van der Waals surface area contributed by atoms with Gasteiger partial charge in [-0.15, -0.1) is 0 Å². The first-order valence-corrected chi connectivity index (χ1v) is 4.98. The van der Waals surface area contributed by atoms with Gasteiger partial charge in [-0.25, -0.2) is 13.8 Å². The van der Waals surface area contributed by atoms with Gasteiger partial charge < -0.3 is 5.73 Å². The van der Waals surface area contributed by atoms with Gasteiger partial charge in [0.05, 0.1) is 10.2 Å². The molecule has 0 bridgehead atoms. The van der Waals surface area contributed by atoms with Crippen molar-refractivity contribution in [1.29, 1.82) is 0 Å². The topological polar surface area (TPSA) is 38.9 Å². The molecule has 0 saturated heterocycles. The maximum absolute atomic E-state index is 12.3. The number of hydrogen-bond acceptors (Lipinski definition) is 2. The zero-order chi connectivity index (χ0) is 10.0. The van der Waals surface area contributed by atoms with Crippen LogP contribution in [0, 0.1) is 0 Å². The zero-order valence-electron chi connectivity index (χ0n) is 6.40. The van der Waals surface area contributed by atoms with Crippen LogP contribution in [0.5, 0.6) is 0 Å². The number of nitrogens with zero attached hydrogens (tertiary/aromatic N) is 1. The maximum atomic E-state index is 12.3. The van der Waals surface area contributed by atoms with E-state index in [1.54, 1.807) is 0 Å². The van der Waals surface area contributed by atoms with Crippen LogP contribution < -0.4 is 5.73 Å². The second-order valence-electron chi connectivity index (χ2n) is 2.29. The Labute approximate surface area is 90.8 Å². The summed E-state index contributed by atoms with van der Waals surface area (Å²) in [6, 6.07) is 1.27. The molecule has 13 heavy (non-hydrogen) atoms. The molecule has 0 aliphatic rings. The Balaban J connectivity index is 3.22. The van der Waals surface area contributed by atoms with E-state index < -0.39 is 6.43 Å². The summed E-state index contributed by atoms with van der Waals surface area (Å²) in [4.78, 5) is 3.70. The normalized spacial score (nSPS) is 10.9. The SMILES string of the molecule is NCc1nc(C(F)F)cc(Br)c1Br. The lowest BCUT2D eigenvalue weighted by atomic mass is 10.3. The third-order valence-corrected chi connectivity index (χ3v) is 3.46. The summed E-state index contributed by atoms with van der Waals surface area (Å²) in [6.45, 7) is 0.125. The molecule has 0 fully saturated rings. The number of alkyl halides is 2. The lowest BCUT2D eigenvalue weighted by Gasteiger charge is -2.06. The standard InChI is InChI=1S/C7H6Br2F2N2/c8-3-1-4(7(10)11)13-5(2-12)6(3)9/h1,7H,2,12H2. The number of rotatable bonds is 2. The second-order valence-corrected chi connectivity index (χ2v) is 3.94. The van der Waals surface area contributed by atoms with Gasteiger partial charge in [0.25, 0.3) is 6.43 Å². The molecule has 0 saturated carbocycles. The molecular formula is C7H6Br2F2N2. The maximum Gasteiger partial charge on any atom is 0.280 e. The molecule has 0 atom stereocenters. The quantitative estimate of drug-likeness (QED) is 0.911. The molecule has 1 aromatic rings. The van der Waals surface area contributed by atoms with Crippen molar-refractivity contribution >= 4 is 31.9 Å². The van der Waals surface area contributed by atoms with Crippen molar-refractivity contribution < 1.29 is 8.78 Å². The van der Waals surface area contributed by atoms with Crippen LogP contribution in [-0.4, -0.2) is 4.98 Å². The lowest BCUT2D eigenvalue weighted by Crippen LogP contribution is -2.04. The van der Waals surface area contributed by atoms with Gasteiger partial charge in [-0.1, -0.05) is 0 Å². The molecular weight excluding hydrogens is 310 g/mol. The van der Waals surface area contributed by atoms with E-state index in [0.717, 1.165) is 0 Å². The van der Waals surface area contributed by atoms with Crippen molar-refractivity contribution in [2.45, 2.75) is 13.0 Å². The van der Waals surface area contributed by atoms with Crippen LogP contribution in [0.3, 0.4) is 0 Å². The van der Waals surface area contributed by atoms with Crippen LogP contribution in [0.2, 0.25) is 0 Å². The van der Waals surface area contributed by atoms with Crippen molar-refractivity contribution in [2.24, 2.45) is 5.73 Å². The van der Waals surface area contributed by atoms with Gasteiger partial charge in [-0.2, -0.15) is 0 Å². The number of pyridine rings is 1. The number of aromatic nitrogens is 1. The average Bonchev–Trinajstić information content (AvgIpc) is 2.09. The van der Waals surface area contributed by atoms with Gasteiger partial charge in [-0.05, 0) is 37.9 Å². The monoisotopic (exact) mass is 314 g/mol. The van der Waals surface area contributed by atoms with E-state index in [0.29, 0.717) is 14.6 Å². The first-order valence-electron chi connectivity index (χ1n) is 3.39. The van der Waals surface area contributed by atoms with Gasteiger partial charge in [0, 0.05) is 11.0 Å². The fourth-order valence-corrected chi connectivity index (χ4v) is 1.64. The molecule has 0 amide bonds. The van der Waals surface area contributed by atoms with Crippen LogP contribution in [0.15, 0.2) is 15.0 Å². The molecule has 0 unspecified atom stereocenters. The van der Waals surface area contributed by atoms with E-state index in [1.807, 2.05) is 0 Å². The summed E-state index contributed by atoms with van der Waals surface area (Å²) in [5.74, 6) is 0. The predicted molar refractivity (Wildman–Crippen MR) is 52.5 cm³/mol. The molecule has 1 aromatic heterocycles. The first-order chi connectivity index (χ1) is 6.06. The summed E-state index contributed by atoms with van der Waals surface area (Å²) >= 11 is 6.32. The van der Waals surface area contributed by atoms with Crippen molar-refractivity contribution in [3.63, 3.8) is 0 Å². The second kappa shape index (κ2) is 4.43. The number of hydrogen-bond donors (Lipinski definition) is 1. The van der Waals surface area contributed by atoms with Crippen LogP contribution >= 0.6 is 31.9 Å². The van der Waals surface area contributed by atoms with Gasteiger partial charge >= 0.3 is 0 Å². The number of nitrogens with two attached hydrogens (primary N) is 1. The third kappa shape index (κ3) is 2.45. The van der Waals surface area contributed by atoms with Gasteiger partial charge in [0.15, 0.2) is 0 Å². The van der Waals surface area contributed by atoms with Crippen molar-refractivity contribution in [1.82, 2.24) is 4.98 Å². The Kier molecular flexibility index (Phi) is 3.75. The highest BCUT2D eigenvalue weighted by atomic mass is 79.9. The highest BCUT2D eigenvalue weighted by molar-refractivity contribution is 9.13. The van der Waals surface area contributed by atoms with Crippen molar-refractivity contribution in [3.8, 4) is 0 Å². The van der Waals surface area contributed by atoms with E-state index in [9.17, 15) is 8.78 Å². The van der Waals surface area contributed by atoms with Crippen LogP contribution in [0.25, 0.3) is 0 Å². The van der Waals surface area contributed by atoms with Gasteiger partial charge in [0.1, 0.15) is 5.69 Å². The van der Waals surface area contributed by atoms with E-state index in [-0.39, 0.29) is 12.2 Å². The fourth-order valence-electron chi connectivity index (χ4n) is 0.815. The molecule has 0 aromatic carbocycles. The minimum Gasteiger partial charge on any atom is -0.325 e. The van der Waals surface area contributed by atoms with E-state index in [1.165, 1.54) is 6.07 Å². The summed E-state index contributed by atoms with van der Waals surface area (Å²) in [7, 11) is 0. The van der Waals surface area contributed by atoms with E-state index in [2.05, 4.69) is 36.8 Å².